The molecule has 2 rings (SSSR count). The van der Waals surface area contributed by atoms with Gasteiger partial charge in [-0.25, -0.2) is 0 Å². The highest BCUT2D eigenvalue weighted by Gasteiger charge is 2.17. The Balaban J connectivity index is 2.23. The molecule has 0 unspecified atom stereocenters. The monoisotopic (exact) mass is 278 g/mol. The van der Waals surface area contributed by atoms with Crippen molar-refractivity contribution in [2.45, 2.75) is 19.9 Å². The standard InChI is InChI=1S/C18H18N2O/c1-2-20(14-15-8-4-3-5-9-15)18(21)17-11-7-6-10-16(17)12-13-19/h3-11H,2,12,14H2,1H3. The van der Waals surface area contributed by atoms with E-state index < -0.39 is 0 Å². The molecule has 0 bridgehead atoms. The second-order valence-corrected chi connectivity index (χ2v) is 4.80. The summed E-state index contributed by atoms with van der Waals surface area (Å²) in [6.45, 7) is 3.18. The van der Waals surface area contributed by atoms with E-state index in [1.54, 1.807) is 11.0 Å². The Bertz CT molecular complexity index is 644. The van der Waals surface area contributed by atoms with E-state index >= 15 is 0 Å². The largest absolute Gasteiger partial charge is 0.335 e. The molecule has 0 spiro atoms. The lowest BCUT2D eigenvalue weighted by atomic mass is 10.0. The van der Waals surface area contributed by atoms with Gasteiger partial charge in [-0.3, -0.25) is 4.79 Å². The van der Waals surface area contributed by atoms with Gasteiger partial charge >= 0.3 is 0 Å². The van der Waals surface area contributed by atoms with E-state index in [-0.39, 0.29) is 12.3 Å². The third-order valence-corrected chi connectivity index (χ3v) is 3.40. The van der Waals surface area contributed by atoms with Crippen LogP contribution in [-0.4, -0.2) is 17.4 Å². The normalized spacial score (nSPS) is 9.90. The first-order valence-electron chi connectivity index (χ1n) is 7.04. The van der Waals surface area contributed by atoms with Gasteiger partial charge in [0, 0.05) is 18.7 Å². The molecule has 2 aromatic rings. The van der Waals surface area contributed by atoms with Crippen LogP contribution in [0.1, 0.15) is 28.4 Å². The molecule has 0 aromatic heterocycles. The smallest absolute Gasteiger partial charge is 0.254 e. The maximum absolute atomic E-state index is 12.7. The highest BCUT2D eigenvalue weighted by atomic mass is 16.2. The van der Waals surface area contributed by atoms with Gasteiger partial charge in [0.2, 0.25) is 0 Å². The summed E-state index contributed by atoms with van der Waals surface area (Å²) in [5.74, 6) is -0.0211. The first-order chi connectivity index (χ1) is 10.3. The lowest BCUT2D eigenvalue weighted by Crippen LogP contribution is -2.31. The average Bonchev–Trinajstić information content (AvgIpc) is 2.54. The summed E-state index contributed by atoms with van der Waals surface area (Å²) in [4.78, 5) is 14.5. The zero-order chi connectivity index (χ0) is 15.1. The fourth-order valence-corrected chi connectivity index (χ4v) is 2.27. The van der Waals surface area contributed by atoms with Gasteiger partial charge < -0.3 is 4.90 Å². The fourth-order valence-electron chi connectivity index (χ4n) is 2.27. The van der Waals surface area contributed by atoms with E-state index in [4.69, 9.17) is 5.26 Å². The summed E-state index contributed by atoms with van der Waals surface area (Å²) in [6.07, 6.45) is 0.255. The van der Waals surface area contributed by atoms with E-state index in [2.05, 4.69) is 6.07 Å². The van der Waals surface area contributed by atoms with Crippen LogP contribution in [0.4, 0.5) is 0 Å². The van der Waals surface area contributed by atoms with Crippen LogP contribution in [0.25, 0.3) is 0 Å². The van der Waals surface area contributed by atoms with Crippen molar-refractivity contribution in [3.8, 4) is 6.07 Å². The molecule has 0 atom stereocenters. The number of nitrogens with zero attached hydrogens (tertiary/aromatic N) is 2. The summed E-state index contributed by atoms with van der Waals surface area (Å²) in [5, 5.41) is 8.88. The molecule has 0 N–H and O–H groups in total. The summed E-state index contributed by atoms with van der Waals surface area (Å²) >= 11 is 0. The molecular formula is C18H18N2O. The van der Waals surface area contributed by atoms with E-state index in [9.17, 15) is 4.79 Å². The van der Waals surface area contributed by atoms with E-state index in [1.165, 1.54) is 0 Å². The van der Waals surface area contributed by atoms with Gasteiger partial charge in [-0.2, -0.15) is 5.26 Å². The number of carbonyl (C=O) groups excluding carboxylic acids is 1. The van der Waals surface area contributed by atoms with Gasteiger partial charge in [0.15, 0.2) is 0 Å². The van der Waals surface area contributed by atoms with Crippen molar-refractivity contribution in [3.63, 3.8) is 0 Å². The van der Waals surface area contributed by atoms with Gasteiger partial charge in [0.05, 0.1) is 12.5 Å². The summed E-state index contributed by atoms with van der Waals surface area (Å²) in [6, 6.07) is 19.4. The summed E-state index contributed by atoms with van der Waals surface area (Å²) < 4.78 is 0. The van der Waals surface area contributed by atoms with Crippen LogP contribution < -0.4 is 0 Å². The molecule has 0 heterocycles. The quantitative estimate of drug-likeness (QED) is 0.841. The number of amides is 1. The molecule has 106 valence electrons. The molecule has 0 saturated carbocycles. The van der Waals surface area contributed by atoms with Crippen LogP contribution in [-0.2, 0) is 13.0 Å². The molecule has 1 amide bonds. The zero-order valence-corrected chi connectivity index (χ0v) is 12.1. The van der Waals surface area contributed by atoms with Gasteiger partial charge in [0.1, 0.15) is 0 Å². The van der Waals surface area contributed by atoms with Crippen molar-refractivity contribution in [2.75, 3.05) is 6.54 Å². The van der Waals surface area contributed by atoms with Crippen LogP contribution in [0.5, 0.6) is 0 Å². The molecule has 0 aliphatic heterocycles. The third-order valence-electron chi connectivity index (χ3n) is 3.40. The second-order valence-electron chi connectivity index (χ2n) is 4.80. The topological polar surface area (TPSA) is 44.1 Å². The molecule has 3 nitrogen and oxygen atoms in total. The van der Waals surface area contributed by atoms with E-state index in [0.717, 1.165) is 11.1 Å². The molecule has 21 heavy (non-hydrogen) atoms. The minimum atomic E-state index is -0.0211. The zero-order valence-electron chi connectivity index (χ0n) is 12.1. The summed E-state index contributed by atoms with van der Waals surface area (Å²) in [7, 11) is 0. The number of hydrogen-bond donors (Lipinski definition) is 0. The molecule has 3 heteroatoms. The van der Waals surface area contributed by atoms with Crippen molar-refractivity contribution in [3.05, 3.63) is 71.3 Å². The highest BCUT2D eigenvalue weighted by molar-refractivity contribution is 5.95. The lowest BCUT2D eigenvalue weighted by molar-refractivity contribution is 0.0751. The maximum atomic E-state index is 12.7. The van der Waals surface area contributed by atoms with Gasteiger partial charge in [0.25, 0.3) is 5.91 Å². The minimum absolute atomic E-state index is 0.0211. The van der Waals surface area contributed by atoms with Crippen LogP contribution >= 0.6 is 0 Å². The predicted molar refractivity (Wildman–Crippen MR) is 82.6 cm³/mol. The van der Waals surface area contributed by atoms with Crippen molar-refractivity contribution in [1.82, 2.24) is 4.90 Å². The van der Waals surface area contributed by atoms with E-state index in [1.807, 2.05) is 55.5 Å². The van der Waals surface area contributed by atoms with Crippen molar-refractivity contribution >= 4 is 5.91 Å². The molecule has 0 saturated heterocycles. The van der Waals surface area contributed by atoms with Crippen LogP contribution in [0.3, 0.4) is 0 Å². The average molecular weight is 278 g/mol. The Morgan fingerprint density at radius 1 is 1.10 bits per heavy atom. The first kappa shape index (κ1) is 14.8. The predicted octanol–water partition coefficient (Wildman–Crippen LogP) is 3.41. The lowest BCUT2D eigenvalue weighted by Gasteiger charge is -2.22. The summed E-state index contributed by atoms with van der Waals surface area (Å²) in [5.41, 5.74) is 2.51. The molecule has 0 radical (unpaired) electrons. The Hall–Kier alpha value is -2.60. The Morgan fingerprint density at radius 2 is 1.76 bits per heavy atom. The van der Waals surface area contributed by atoms with Gasteiger partial charge in [-0.05, 0) is 24.1 Å². The molecule has 0 aliphatic carbocycles. The van der Waals surface area contributed by atoms with Crippen LogP contribution in [0, 0.1) is 11.3 Å². The molecule has 0 fully saturated rings. The number of nitriles is 1. The molecular weight excluding hydrogens is 260 g/mol. The van der Waals surface area contributed by atoms with Gasteiger partial charge in [-0.1, -0.05) is 48.5 Å². The Labute approximate surface area is 125 Å². The van der Waals surface area contributed by atoms with Crippen molar-refractivity contribution < 1.29 is 4.79 Å². The fraction of sp³-hybridized carbons (Fsp3) is 0.222. The van der Waals surface area contributed by atoms with E-state index in [0.29, 0.717) is 18.7 Å². The number of benzene rings is 2. The minimum Gasteiger partial charge on any atom is -0.335 e. The maximum Gasteiger partial charge on any atom is 0.254 e. The van der Waals surface area contributed by atoms with Crippen LogP contribution in [0.15, 0.2) is 54.6 Å². The highest BCUT2D eigenvalue weighted by Crippen LogP contribution is 2.14. The molecule has 0 aliphatic rings. The Kier molecular flexibility index (Phi) is 5.11. The second kappa shape index (κ2) is 7.25. The number of hydrogen-bond acceptors (Lipinski definition) is 2. The number of carbonyl (C=O) groups is 1. The number of rotatable bonds is 5. The van der Waals surface area contributed by atoms with Gasteiger partial charge in [-0.15, -0.1) is 0 Å². The first-order valence-corrected chi connectivity index (χ1v) is 7.04. The Morgan fingerprint density at radius 3 is 2.43 bits per heavy atom. The molecule has 2 aromatic carbocycles. The van der Waals surface area contributed by atoms with Crippen molar-refractivity contribution in [1.29, 1.82) is 5.26 Å². The SMILES string of the molecule is CCN(Cc1ccccc1)C(=O)c1ccccc1CC#N. The van der Waals surface area contributed by atoms with Crippen molar-refractivity contribution in [2.24, 2.45) is 0 Å². The third kappa shape index (κ3) is 3.70. The van der Waals surface area contributed by atoms with Crippen LogP contribution in [0.2, 0.25) is 0 Å².